The van der Waals surface area contributed by atoms with E-state index in [0.717, 1.165) is 17.1 Å². The van der Waals surface area contributed by atoms with Gasteiger partial charge in [0.15, 0.2) is 0 Å². The molecule has 0 spiro atoms. The van der Waals surface area contributed by atoms with E-state index < -0.39 is 0 Å². The van der Waals surface area contributed by atoms with Gasteiger partial charge in [-0.2, -0.15) is 0 Å². The fourth-order valence-corrected chi connectivity index (χ4v) is 3.39. The summed E-state index contributed by atoms with van der Waals surface area (Å²) in [5, 5.41) is 4.57. The molecular weight excluding hydrogens is 278 g/mol. The lowest BCUT2D eigenvalue weighted by Gasteiger charge is -2.14. The van der Waals surface area contributed by atoms with E-state index in [2.05, 4.69) is 61.2 Å². The first-order valence-electron chi connectivity index (χ1n) is 7.20. The van der Waals surface area contributed by atoms with Gasteiger partial charge < -0.3 is 10.3 Å². The van der Waals surface area contributed by atoms with Crippen molar-refractivity contribution in [2.75, 3.05) is 0 Å². The lowest BCUT2D eigenvalue weighted by Crippen LogP contribution is -2.11. The molecule has 110 valence electrons. The predicted octanol–water partition coefficient (Wildman–Crippen LogP) is 3.90. The van der Waals surface area contributed by atoms with Crippen molar-refractivity contribution in [1.82, 2.24) is 9.55 Å². The van der Waals surface area contributed by atoms with Gasteiger partial charge >= 0.3 is 0 Å². The molecule has 0 radical (unpaired) electrons. The largest absolute Gasteiger partial charge is 0.341 e. The summed E-state index contributed by atoms with van der Waals surface area (Å²) in [7, 11) is 0. The molecule has 0 fully saturated rings. The van der Waals surface area contributed by atoms with Gasteiger partial charge in [-0.3, -0.25) is 0 Å². The van der Waals surface area contributed by atoms with Crippen LogP contribution in [0.15, 0.2) is 35.8 Å². The molecule has 0 amide bonds. The fourth-order valence-electron chi connectivity index (χ4n) is 2.37. The Hall–Kier alpha value is -1.65. The normalized spacial score (nSPS) is 12.2. The molecule has 3 rings (SSSR count). The minimum Gasteiger partial charge on any atom is -0.341 e. The standard InChI is InChI=1S/C17H21N3S/c1-17(2,3)15-11-21-16(19-15)10-20-7-6-13-5-4-12(9-18)8-14(13)20/h4-8,11H,9-10,18H2,1-3H3. The maximum absolute atomic E-state index is 5.74. The molecule has 0 saturated carbocycles. The number of fused-ring (bicyclic) bond motifs is 1. The third-order valence-corrected chi connectivity index (χ3v) is 4.53. The monoisotopic (exact) mass is 299 g/mol. The van der Waals surface area contributed by atoms with E-state index in [1.165, 1.54) is 16.6 Å². The molecule has 1 aromatic carbocycles. The quantitative estimate of drug-likeness (QED) is 0.797. The molecule has 0 bridgehead atoms. The van der Waals surface area contributed by atoms with E-state index in [1.54, 1.807) is 11.3 Å². The number of benzene rings is 1. The highest BCUT2D eigenvalue weighted by molar-refractivity contribution is 7.09. The fraction of sp³-hybridized carbons (Fsp3) is 0.353. The molecule has 4 heteroatoms. The molecule has 0 atom stereocenters. The Kier molecular flexibility index (Phi) is 3.59. The zero-order valence-corrected chi connectivity index (χ0v) is 13.6. The van der Waals surface area contributed by atoms with E-state index in [0.29, 0.717) is 6.54 Å². The molecular formula is C17H21N3S. The van der Waals surface area contributed by atoms with Gasteiger partial charge in [0.25, 0.3) is 0 Å². The molecule has 3 nitrogen and oxygen atoms in total. The number of rotatable bonds is 3. The van der Waals surface area contributed by atoms with Crippen molar-refractivity contribution < 1.29 is 0 Å². The number of nitrogens with two attached hydrogens (primary N) is 1. The highest BCUT2D eigenvalue weighted by atomic mass is 32.1. The number of hydrogen-bond donors (Lipinski definition) is 1. The first-order valence-corrected chi connectivity index (χ1v) is 8.08. The van der Waals surface area contributed by atoms with Crippen LogP contribution in [0.3, 0.4) is 0 Å². The number of thiazole rings is 1. The van der Waals surface area contributed by atoms with Crippen LogP contribution < -0.4 is 5.73 Å². The summed E-state index contributed by atoms with van der Waals surface area (Å²) in [6.45, 7) is 7.99. The van der Waals surface area contributed by atoms with Crippen LogP contribution in [0.1, 0.15) is 37.0 Å². The first kappa shape index (κ1) is 14.3. The van der Waals surface area contributed by atoms with Gasteiger partial charge in [0, 0.05) is 29.1 Å². The van der Waals surface area contributed by atoms with Crippen LogP contribution in [-0.2, 0) is 18.5 Å². The Morgan fingerprint density at radius 2 is 2.05 bits per heavy atom. The van der Waals surface area contributed by atoms with Crippen LogP contribution in [0.4, 0.5) is 0 Å². The third-order valence-electron chi connectivity index (χ3n) is 3.70. The Morgan fingerprint density at radius 1 is 1.24 bits per heavy atom. The van der Waals surface area contributed by atoms with Crippen molar-refractivity contribution in [3.05, 3.63) is 52.1 Å². The molecule has 0 unspecified atom stereocenters. The van der Waals surface area contributed by atoms with E-state index in [-0.39, 0.29) is 5.41 Å². The van der Waals surface area contributed by atoms with Gasteiger partial charge in [-0.05, 0) is 23.1 Å². The van der Waals surface area contributed by atoms with E-state index >= 15 is 0 Å². The molecule has 2 heterocycles. The summed E-state index contributed by atoms with van der Waals surface area (Å²) in [4.78, 5) is 4.78. The van der Waals surface area contributed by atoms with Crippen molar-refractivity contribution in [2.45, 2.75) is 39.3 Å². The predicted molar refractivity (Wildman–Crippen MR) is 89.7 cm³/mol. The van der Waals surface area contributed by atoms with Gasteiger partial charge in [0.2, 0.25) is 0 Å². The maximum Gasteiger partial charge on any atom is 0.113 e. The van der Waals surface area contributed by atoms with E-state index in [9.17, 15) is 0 Å². The number of nitrogens with zero attached hydrogens (tertiary/aromatic N) is 2. The minimum absolute atomic E-state index is 0.111. The highest BCUT2D eigenvalue weighted by Gasteiger charge is 2.17. The Morgan fingerprint density at radius 3 is 2.71 bits per heavy atom. The highest BCUT2D eigenvalue weighted by Crippen LogP contribution is 2.25. The topological polar surface area (TPSA) is 43.8 Å². The Bertz CT molecular complexity index is 762. The van der Waals surface area contributed by atoms with Crippen molar-refractivity contribution in [2.24, 2.45) is 5.73 Å². The van der Waals surface area contributed by atoms with Crippen molar-refractivity contribution in [1.29, 1.82) is 0 Å². The number of hydrogen-bond acceptors (Lipinski definition) is 3. The minimum atomic E-state index is 0.111. The summed E-state index contributed by atoms with van der Waals surface area (Å²) in [6, 6.07) is 8.55. The van der Waals surface area contributed by atoms with Crippen LogP contribution in [0.25, 0.3) is 10.9 Å². The molecule has 3 aromatic rings. The van der Waals surface area contributed by atoms with Crippen molar-refractivity contribution in [3.8, 4) is 0 Å². The van der Waals surface area contributed by atoms with Gasteiger partial charge in [-0.15, -0.1) is 11.3 Å². The Labute approximate surface area is 129 Å². The summed E-state index contributed by atoms with van der Waals surface area (Å²) in [5.41, 5.74) is 9.41. The molecule has 2 N–H and O–H groups in total. The molecule has 21 heavy (non-hydrogen) atoms. The van der Waals surface area contributed by atoms with Crippen LogP contribution in [0.2, 0.25) is 0 Å². The molecule has 0 aliphatic heterocycles. The molecule has 0 aliphatic carbocycles. The molecule has 2 aromatic heterocycles. The summed E-state index contributed by atoms with van der Waals surface area (Å²) in [5.74, 6) is 0. The van der Waals surface area contributed by atoms with E-state index in [1.807, 2.05) is 0 Å². The smallest absolute Gasteiger partial charge is 0.113 e. The van der Waals surface area contributed by atoms with Crippen LogP contribution in [0, 0.1) is 0 Å². The van der Waals surface area contributed by atoms with Gasteiger partial charge in [0.1, 0.15) is 5.01 Å². The second-order valence-electron chi connectivity index (χ2n) is 6.42. The summed E-state index contributed by atoms with van der Waals surface area (Å²) >= 11 is 1.74. The van der Waals surface area contributed by atoms with Gasteiger partial charge in [-0.1, -0.05) is 32.9 Å². The second kappa shape index (κ2) is 5.28. The lowest BCUT2D eigenvalue weighted by molar-refractivity contribution is 0.570. The first-order chi connectivity index (χ1) is 9.97. The average molecular weight is 299 g/mol. The Balaban J connectivity index is 1.93. The third kappa shape index (κ3) is 2.87. The maximum atomic E-state index is 5.74. The molecule has 0 aliphatic rings. The molecule has 0 saturated heterocycles. The van der Waals surface area contributed by atoms with Crippen LogP contribution >= 0.6 is 11.3 Å². The second-order valence-corrected chi connectivity index (χ2v) is 7.36. The number of aromatic nitrogens is 2. The summed E-state index contributed by atoms with van der Waals surface area (Å²) in [6.07, 6.45) is 2.13. The van der Waals surface area contributed by atoms with Crippen molar-refractivity contribution >= 4 is 22.2 Å². The van der Waals surface area contributed by atoms with Crippen molar-refractivity contribution in [3.63, 3.8) is 0 Å². The van der Waals surface area contributed by atoms with E-state index in [4.69, 9.17) is 10.7 Å². The van der Waals surface area contributed by atoms with Crippen LogP contribution in [0.5, 0.6) is 0 Å². The van der Waals surface area contributed by atoms with Gasteiger partial charge in [-0.25, -0.2) is 4.98 Å². The summed E-state index contributed by atoms with van der Waals surface area (Å²) < 4.78 is 2.25. The average Bonchev–Trinajstić information content (AvgIpc) is 3.06. The zero-order valence-electron chi connectivity index (χ0n) is 12.8. The zero-order chi connectivity index (χ0) is 15.0. The lowest BCUT2D eigenvalue weighted by atomic mass is 9.93. The van der Waals surface area contributed by atoms with Crippen LogP contribution in [-0.4, -0.2) is 9.55 Å². The van der Waals surface area contributed by atoms with Gasteiger partial charge in [0.05, 0.1) is 12.2 Å². The SMILES string of the molecule is CC(C)(C)c1csc(Cn2ccc3ccc(CN)cc32)n1.